The van der Waals surface area contributed by atoms with Crippen molar-refractivity contribution in [3.05, 3.63) is 29.8 Å². The number of piperidine rings is 1. The van der Waals surface area contributed by atoms with E-state index in [1.54, 1.807) is 0 Å². The fraction of sp³-hybridized carbons (Fsp3) is 0.650. The van der Waals surface area contributed by atoms with Gasteiger partial charge >= 0.3 is 0 Å². The third-order valence-electron chi connectivity index (χ3n) is 5.87. The van der Waals surface area contributed by atoms with E-state index in [0.717, 1.165) is 51.5 Å². The summed E-state index contributed by atoms with van der Waals surface area (Å²) in [4.78, 5) is 19.9. The number of nitrogens with zero attached hydrogens (tertiary/aromatic N) is 3. The summed E-state index contributed by atoms with van der Waals surface area (Å²) in [5.74, 6) is 0.575. The molecule has 0 N–H and O–H groups in total. The first kappa shape index (κ1) is 16.9. The van der Waals surface area contributed by atoms with Gasteiger partial charge in [-0.15, -0.1) is 0 Å². The maximum Gasteiger partial charge on any atom is 0.253 e. The second kappa shape index (κ2) is 7.34. The maximum absolute atomic E-state index is 13.0. The lowest BCUT2D eigenvalue weighted by Crippen LogP contribution is -2.44. The van der Waals surface area contributed by atoms with Crippen LogP contribution in [0.3, 0.4) is 0 Å². The van der Waals surface area contributed by atoms with Crippen LogP contribution in [0.25, 0.3) is 0 Å². The second-order valence-corrected chi connectivity index (χ2v) is 7.80. The molecule has 136 valence electrons. The van der Waals surface area contributed by atoms with Crippen LogP contribution < -0.4 is 4.90 Å². The van der Waals surface area contributed by atoms with Crippen molar-refractivity contribution in [1.82, 2.24) is 9.80 Å². The van der Waals surface area contributed by atoms with E-state index >= 15 is 0 Å². The highest BCUT2D eigenvalue weighted by atomic mass is 16.5. The molecule has 3 heterocycles. The Labute approximate surface area is 150 Å². The molecule has 1 amide bonds. The van der Waals surface area contributed by atoms with E-state index in [1.165, 1.54) is 24.9 Å². The van der Waals surface area contributed by atoms with Crippen molar-refractivity contribution in [2.75, 3.05) is 57.9 Å². The van der Waals surface area contributed by atoms with Gasteiger partial charge in [-0.2, -0.15) is 0 Å². The lowest BCUT2D eigenvalue weighted by atomic mass is 10.1. The van der Waals surface area contributed by atoms with Crippen molar-refractivity contribution in [2.24, 2.45) is 5.92 Å². The second-order valence-electron chi connectivity index (χ2n) is 7.80. The number of carbonyl (C=O) groups is 1. The molecule has 5 nitrogen and oxygen atoms in total. The van der Waals surface area contributed by atoms with Crippen LogP contribution in [0.4, 0.5) is 5.69 Å². The molecule has 0 radical (unpaired) electrons. The highest BCUT2D eigenvalue weighted by molar-refractivity contribution is 5.94. The maximum atomic E-state index is 13.0. The molecule has 1 aromatic rings. The van der Waals surface area contributed by atoms with E-state index < -0.39 is 0 Å². The van der Waals surface area contributed by atoms with E-state index in [4.69, 9.17) is 4.74 Å². The van der Waals surface area contributed by atoms with Crippen molar-refractivity contribution in [2.45, 2.75) is 25.3 Å². The summed E-state index contributed by atoms with van der Waals surface area (Å²) < 4.78 is 5.76. The van der Waals surface area contributed by atoms with E-state index in [-0.39, 0.29) is 5.91 Å². The molecular weight excluding hydrogens is 314 g/mol. The number of benzene rings is 1. The number of hydrogen-bond donors (Lipinski definition) is 0. The van der Waals surface area contributed by atoms with Gasteiger partial charge in [0, 0.05) is 49.9 Å². The molecule has 0 aromatic heterocycles. The fourth-order valence-electron chi connectivity index (χ4n) is 4.37. The summed E-state index contributed by atoms with van der Waals surface area (Å²) >= 11 is 0. The number of carbonyl (C=O) groups excluding carboxylic acids is 1. The molecule has 4 rings (SSSR count). The highest BCUT2D eigenvalue weighted by Gasteiger charge is 2.33. The Morgan fingerprint density at radius 2 is 1.76 bits per heavy atom. The van der Waals surface area contributed by atoms with Gasteiger partial charge in [0.25, 0.3) is 5.91 Å². The Balaban J connectivity index is 1.46. The van der Waals surface area contributed by atoms with Gasteiger partial charge in [-0.05, 0) is 50.6 Å². The van der Waals surface area contributed by atoms with Crippen LogP contribution in [0.5, 0.6) is 0 Å². The Morgan fingerprint density at radius 3 is 2.52 bits per heavy atom. The third kappa shape index (κ3) is 3.67. The zero-order chi connectivity index (χ0) is 17.2. The summed E-state index contributed by atoms with van der Waals surface area (Å²) in [5.41, 5.74) is 2.06. The Morgan fingerprint density at radius 1 is 1.00 bits per heavy atom. The van der Waals surface area contributed by atoms with Crippen molar-refractivity contribution in [1.29, 1.82) is 0 Å². The highest BCUT2D eigenvalue weighted by Crippen LogP contribution is 2.23. The SMILES string of the molecule is CN1C[C@H]2COC[C@@H]1CN(C(=O)c1ccc(N3CCCCC3)cc1)C2. The van der Waals surface area contributed by atoms with Crippen LogP contribution in [0.15, 0.2) is 24.3 Å². The average Bonchev–Trinajstić information content (AvgIpc) is 2.90. The van der Waals surface area contributed by atoms with E-state index in [1.807, 2.05) is 17.0 Å². The minimum absolute atomic E-state index is 0.164. The largest absolute Gasteiger partial charge is 0.379 e. The van der Waals surface area contributed by atoms with E-state index in [9.17, 15) is 4.79 Å². The monoisotopic (exact) mass is 343 g/mol. The topological polar surface area (TPSA) is 36.0 Å². The van der Waals surface area contributed by atoms with Crippen LogP contribution in [0, 0.1) is 5.92 Å². The van der Waals surface area contributed by atoms with Crippen LogP contribution in [0.2, 0.25) is 0 Å². The van der Waals surface area contributed by atoms with Crippen LogP contribution in [-0.4, -0.2) is 74.7 Å². The van der Waals surface area contributed by atoms with Crippen LogP contribution in [0.1, 0.15) is 29.6 Å². The summed E-state index contributed by atoms with van der Waals surface area (Å²) in [5, 5.41) is 0. The van der Waals surface area contributed by atoms with Crippen molar-refractivity contribution >= 4 is 11.6 Å². The van der Waals surface area contributed by atoms with Crippen LogP contribution in [-0.2, 0) is 4.74 Å². The minimum Gasteiger partial charge on any atom is -0.379 e. The fourth-order valence-corrected chi connectivity index (χ4v) is 4.37. The van der Waals surface area contributed by atoms with Crippen LogP contribution >= 0.6 is 0 Å². The van der Waals surface area contributed by atoms with Gasteiger partial charge in [0.1, 0.15) is 0 Å². The number of anilines is 1. The van der Waals surface area contributed by atoms with Gasteiger partial charge in [0.05, 0.1) is 19.3 Å². The molecular formula is C20H29N3O2. The molecule has 3 fully saturated rings. The van der Waals surface area contributed by atoms with Gasteiger partial charge in [-0.1, -0.05) is 0 Å². The molecule has 0 saturated carbocycles. The molecule has 1 aromatic carbocycles. The molecule has 0 unspecified atom stereocenters. The number of amides is 1. The molecule has 2 bridgehead atoms. The van der Waals surface area contributed by atoms with Gasteiger partial charge in [0.2, 0.25) is 0 Å². The third-order valence-corrected chi connectivity index (χ3v) is 5.87. The quantitative estimate of drug-likeness (QED) is 0.824. The van der Waals surface area contributed by atoms with Crippen molar-refractivity contribution in [3.8, 4) is 0 Å². The molecule has 3 saturated heterocycles. The number of fused-ring (bicyclic) bond motifs is 3. The summed E-state index contributed by atoms with van der Waals surface area (Å²) in [6.45, 7) is 6.34. The Bertz CT molecular complexity index is 597. The van der Waals surface area contributed by atoms with Crippen molar-refractivity contribution < 1.29 is 9.53 Å². The Hall–Kier alpha value is -1.59. The van der Waals surface area contributed by atoms with E-state index in [0.29, 0.717) is 12.0 Å². The van der Waals surface area contributed by atoms with Gasteiger partial charge < -0.3 is 14.5 Å². The number of hydrogen-bond acceptors (Lipinski definition) is 4. The summed E-state index contributed by atoms with van der Waals surface area (Å²) in [6, 6.07) is 8.56. The van der Waals surface area contributed by atoms with Gasteiger partial charge in [-0.3, -0.25) is 9.69 Å². The lowest BCUT2D eigenvalue weighted by molar-refractivity contribution is 0.0434. The zero-order valence-electron chi connectivity index (χ0n) is 15.2. The molecule has 25 heavy (non-hydrogen) atoms. The summed E-state index contributed by atoms with van der Waals surface area (Å²) in [6.07, 6.45) is 3.88. The van der Waals surface area contributed by atoms with Gasteiger partial charge in [0.15, 0.2) is 0 Å². The van der Waals surface area contributed by atoms with E-state index in [2.05, 4.69) is 29.0 Å². The molecule has 2 atom stereocenters. The summed E-state index contributed by atoms with van der Waals surface area (Å²) in [7, 11) is 2.15. The Kier molecular flexibility index (Phi) is 4.95. The van der Waals surface area contributed by atoms with Gasteiger partial charge in [-0.25, -0.2) is 0 Å². The zero-order valence-corrected chi connectivity index (χ0v) is 15.2. The predicted molar refractivity (Wildman–Crippen MR) is 99.1 cm³/mol. The number of ether oxygens (including phenoxy) is 1. The molecule has 3 aliphatic heterocycles. The molecule has 0 spiro atoms. The predicted octanol–water partition coefficient (Wildman–Crippen LogP) is 2.08. The smallest absolute Gasteiger partial charge is 0.253 e. The molecule has 0 aliphatic carbocycles. The number of rotatable bonds is 2. The lowest BCUT2D eigenvalue weighted by Gasteiger charge is -2.30. The van der Waals surface area contributed by atoms with Crippen molar-refractivity contribution in [3.63, 3.8) is 0 Å². The number of likely N-dealkylation sites (N-methyl/N-ethyl adjacent to an activating group) is 1. The molecule has 5 heteroatoms. The minimum atomic E-state index is 0.164. The first-order chi connectivity index (χ1) is 12.2. The standard InChI is InChI=1S/C20H29N3O2/c1-21-11-16-12-23(13-19(21)15-25-14-16)20(24)17-5-7-18(8-6-17)22-9-3-2-4-10-22/h5-8,16,19H,2-4,9-15H2,1H3/t16-,19+/m1/s1. The molecule has 3 aliphatic rings. The first-order valence-corrected chi connectivity index (χ1v) is 9.63. The average molecular weight is 343 g/mol. The first-order valence-electron chi connectivity index (χ1n) is 9.63. The normalized spacial score (nSPS) is 27.9.